The fraction of sp³-hybridized carbons (Fsp3) is 1.00. The van der Waals surface area contributed by atoms with Crippen LogP contribution in [0.3, 0.4) is 0 Å². The van der Waals surface area contributed by atoms with Gasteiger partial charge in [-0.3, -0.25) is 9.09 Å². The highest BCUT2D eigenvalue weighted by molar-refractivity contribution is 7.54. The molecular weight excluding hydrogens is 281 g/mol. The van der Waals surface area contributed by atoms with Gasteiger partial charge in [0.1, 0.15) is 0 Å². The summed E-state index contributed by atoms with van der Waals surface area (Å²) in [5.74, 6) is 0. The molecule has 0 aromatic rings. The number of hydrogen-bond donors (Lipinski definition) is 2. The standard InChI is InChI=1S/C4H9Cl4N2O2P/c1-9-13(11,10-2)12-3(5)4(6,7)8/h3H,1-2H3,(H2,9,10,11). The molecule has 0 rings (SSSR count). The van der Waals surface area contributed by atoms with Crippen molar-refractivity contribution < 1.29 is 9.09 Å². The molecule has 9 heteroatoms. The predicted octanol–water partition coefficient (Wildman–Crippen LogP) is 2.49. The monoisotopic (exact) mass is 288 g/mol. The first kappa shape index (κ1) is 14.3. The fourth-order valence-corrected chi connectivity index (χ4v) is 1.92. The number of hydrogen-bond acceptors (Lipinski definition) is 2. The van der Waals surface area contributed by atoms with Gasteiger partial charge in [-0.1, -0.05) is 46.4 Å². The Hall–Kier alpha value is 1.27. The lowest BCUT2D eigenvalue weighted by Gasteiger charge is -2.23. The van der Waals surface area contributed by atoms with Crippen molar-refractivity contribution in [1.82, 2.24) is 10.2 Å². The first-order chi connectivity index (χ1) is 5.75. The summed E-state index contributed by atoms with van der Waals surface area (Å²) in [6.45, 7) is 0. The Balaban J connectivity index is 4.35. The smallest absolute Gasteiger partial charge is 0.282 e. The second-order valence-electron chi connectivity index (χ2n) is 1.96. The van der Waals surface area contributed by atoms with E-state index >= 15 is 0 Å². The molecule has 0 aliphatic heterocycles. The van der Waals surface area contributed by atoms with Crippen molar-refractivity contribution in [2.75, 3.05) is 14.1 Å². The van der Waals surface area contributed by atoms with E-state index in [0.717, 1.165) is 0 Å². The van der Waals surface area contributed by atoms with Crippen LogP contribution < -0.4 is 10.2 Å². The van der Waals surface area contributed by atoms with Gasteiger partial charge in [0, 0.05) is 0 Å². The maximum absolute atomic E-state index is 11.5. The molecule has 0 aliphatic carbocycles. The van der Waals surface area contributed by atoms with Crippen LogP contribution in [-0.4, -0.2) is 23.5 Å². The van der Waals surface area contributed by atoms with Crippen molar-refractivity contribution in [3.8, 4) is 0 Å². The lowest BCUT2D eigenvalue weighted by molar-refractivity contribution is 0.274. The maximum Gasteiger partial charge on any atom is 0.341 e. The van der Waals surface area contributed by atoms with E-state index in [0.29, 0.717) is 0 Å². The van der Waals surface area contributed by atoms with E-state index < -0.39 is 17.0 Å². The molecule has 0 radical (unpaired) electrons. The average molecular weight is 290 g/mol. The SMILES string of the molecule is CNP(=O)(NC)OC(Cl)C(Cl)(Cl)Cl. The maximum atomic E-state index is 11.5. The van der Waals surface area contributed by atoms with Crippen molar-refractivity contribution in [2.24, 2.45) is 0 Å². The van der Waals surface area contributed by atoms with Gasteiger partial charge in [0.15, 0.2) is 5.56 Å². The van der Waals surface area contributed by atoms with Crippen LogP contribution in [0.5, 0.6) is 0 Å². The van der Waals surface area contributed by atoms with Gasteiger partial charge in [-0.25, -0.2) is 10.2 Å². The van der Waals surface area contributed by atoms with Crippen LogP contribution in [0.1, 0.15) is 0 Å². The van der Waals surface area contributed by atoms with E-state index in [2.05, 4.69) is 10.2 Å². The summed E-state index contributed by atoms with van der Waals surface area (Å²) in [7, 11) is -0.359. The highest BCUT2D eigenvalue weighted by Gasteiger charge is 2.37. The zero-order valence-corrected chi connectivity index (χ0v) is 10.8. The molecule has 80 valence electrons. The largest absolute Gasteiger partial charge is 0.341 e. The molecule has 0 fully saturated rings. The highest BCUT2D eigenvalue weighted by atomic mass is 35.6. The van der Waals surface area contributed by atoms with Crippen molar-refractivity contribution in [3.05, 3.63) is 0 Å². The van der Waals surface area contributed by atoms with Gasteiger partial charge in [-0.15, -0.1) is 0 Å². The minimum atomic E-state index is -3.22. The number of rotatable bonds is 4. The molecule has 13 heavy (non-hydrogen) atoms. The van der Waals surface area contributed by atoms with Crippen LogP contribution in [-0.2, 0) is 9.09 Å². The number of halogens is 4. The summed E-state index contributed by atoms with van der Waals surface area (Å²) < 4.78 is 14.5. The molecule has 0 heterocycles. The second kappa shape index (κ2) is 5.38. The summed E-state index contributed by atoms with van der Waals surface area (Å²) in [5, 5.41) is 4.79. The van der Waals surface area contributed by atoms with Gasteiger partial charge in [0.2, 0.25) is 3.79 Å². The molecular formula is C4H9Cl4N2O2P. The van der Waals surface area contributed by atoms with Gasteiger partial charge < -0.3 is 0 Å². The van der Waals surface area contributed by atoms with Gasteiger partial charge >= 0.3 is 7.67 Å². The fourth-order valence-electron chi connectivity index (χ4n) is 0.407. The van der Waals surface area contributed by atoms with Crippen LogP contribution in [0.25, 0.3) is 0 Å². The summed E-state index contributed by atoms with van der Waals surface area (Å²) in [6, 6.07) is 0. The van der Waals surface area contributed by atoms with E-state index in [-0.39, 0.29) is 0 Å². The average Bonchev–Trinajstić information content (AvgIpc) is 2.02. The molecule has 0 bridgehead atoms. The lowest BCUT2D eigenvalue weighted by atomic mass is 10.8. The van der Waals surface area contributed by atoms with Crippen molar-refractivity contribution >= 4 is 54.1 Å². The minimum Gasteiger partial charge on any atom is -0.282 e. The van der Waals surface area contributed by atoms with E-state index in [1.165, 1.54) is 14.1 Å². The Morgan fingerprint density at radius 2 is 1.69 bits per heavy atom. The Morgan fingerprint density at radius 1 is 1.31 bits per heavy atom. The van der Waals surface area contributed by atoms with Gasteiger partial charge in [-0.05, 0) is 14.1 Å². The molecule has 2 N–H and O–H groups in total. The lowest BCUT2D eigenvalue weighted by Crippen LogP contribution is -2.28. The van der Waals surface area contributed by atoms with Crippen LogP contribution in [0, 0.1) is 0 Å². The third-order valence-corrected chi connectivity index (χ3v) is 4.24. The Morgan fingerprint density at radius 3 is 1.92 bits per heavy atom. The van der Waals surface area contributed by atoms with Crippen LogP contribution in [0.4, 0.5) is 0 Å². The molecule has 4 nitrogen and oxygen atoms in total. The summed E-state index contributed by atoms with van der Waals surface area (Å²) >= 11 is 21.7. The van der Waals surface area contributed by atoms with Crippen LogP contribution in [0.2, 0.25) is 0 Å². The number of nitrogens with one attached hydrogen (secondary N) is 2. The van der Waals surface area contributed by atoms with Gasteiger partial charge in [0.25, 0.3) is 0 Å². The van der Waals surface area contributed by atoms with Crippen LogP contribution >= 0.6 is 54.1 Å². The van der Waals surface area contributed by atoms with Gasteiger partial charge in [-0.2, -0.15) is 0 Å². The number of alkyl halides is 4. The first-order valence-electron chi connectivity index (χ1n) is 3.12. The van der Waals surface area contributed by atoms with Crippen molar-refractivity contribution in [3.63, 3.8) is 0 Å². The molecule has 0 aromatic carbocycles. The molecule has 0 saturated carbocycles. The van der Waals surface area contributed by atoms with Crippen molar-refractivity contribution in [2.45, 2.75) is 9.36 Å². The Kier molecular flexibility index (Phi) is 5.91. The molecule has 0 aliphatic rings. The molecule has 1 atom stereocenters. The molecule has 0 spiro atoms. The predicted molar refractivity (Wildman–Crippen MR) is 56.7 cm³/mol. The van der Waals surface area contributed by atoms with Crippen LogP contribution in [0.15, 0.2) is 0 Å². The van der Waals surface area contributed by atoms with Gasteiger partial charge in [0.05, 0.1) is 0 Å². The van der Waals surface area contributed by atoms with E-state index in [1.54, 1.807) is 0 Å². The summed E-state index contributed by atoms with van der Waals surface area (Å²) in [4.78, 5) is 0. The topological polar surface area (TPSA) is 50.4 Å². The molecule has 1 unspecified atom stereocenters. The zero-order chi connectivity index (χ0) is 10.7. The molecule has 0 saturated heterocycles. The summed E-state index contributed by atoms with van der Waals surface area (Å²) in [5.41, 5.74) is -1.30. The zero-order valence-electron chi connectivity index (χ0n) is 6.85. The minimum absolute atomic E-state index is 1.30. The molecule has 0 aromatic heterocycles. The normalized spacial score (nSPS) is 15.8. The third-order valence-electron chi connectivity index (χ3n) is 1.09. The van der Waals surface area contributed by atoms with E-state index in [4.69, 9.17) is 50.9 Å². The quantitative estimate of drug-likeness (QED) is 0.617. The van der Waals surface area contributed by atoms with Crippen molar-refractivity contribution in [1.29, 1.82) is 0 Å². The molecule has 0 amide bonds. The van der Waals surface area contributed by atoms with E-state index in [1.807, 2.05) is 0 Å². The highest BCUT2D eigenvalue weighted by Crippen LogP contribution is 2.45. The second-order valence-corrected chi connectivity index (χ2v) is 6.94. The Bertz CT molecular complexity index is 201. The van der Waals surface area contributed by atoms with E-state index in [9.17, 15) is 4.57 Å². The Labute approximate surface area is 96.7 Å². The third kappa shape index (κ3) is 5.05. The first-order valence-corrected chi connectivity index (χ1v) is 6.32. The summed E-state index contributed by atoms with van der Waals surface area (Å²) in [6.07, 6.45) is 0.